The molecule has 0 atom stereocenters. The molecule has 2 rings (SSSR count). The Labute approximate surface area is 148 Å². The van der Waals surface area contributed by atoms with Crippen LogP contribution in [-0.4, -0.2) is 43.0 Å². The Hall–Kier alpha value is -1.63. The molecule has 0 bridgehead atoms. The van der Waals surface area contributed by atoms with Crippen molar-refractivity contribution in [1.82, 2.24) is 20.9 Å². The van der Waals surface area contributed by atoms with Crippen LogP contribution in [0.5, 0.6) is 0 Å². The number of thiazole rings is 1. The van der Waals surface area contributed by atoms with E-state index in [0.717, 1.165) is 37.5 Å². The Morgan fingerprint density at radius 2 is 2.08 bits per heavy atom. The smallest absolute Gasteiger partial charge is 0.223 e. The summed E-state index contributed by atoms with van der Waals surface area (Å²) in [4.78, 5) is 20.8. The lowest BCUT2D eigenvalue weighted by molar-refractivity contribution is -0.122. The molecule has 0 radical (unpaired) electrons. The Bertz CT molecular complexity index is 551. The quantitative estimate of drug-likeness (QED) is 0.361. The summed E-state index contributed by atoms with van der Waals surface area (Å²) in [6, 6.07) is 0. The molecule has 1 fully saturated rings. The second-order valence-electron chi connectivity index (χ2n) is 6.33. The zero-order chi connectivity index (χ0) is 17.4. The predicted octanol–water partition coefficient (Wildman–Crippen LogP) is 1.89. The van der Waals surface area contributed by atoms with E-state index in [2.05, 4.69) is 45.2 Å². The summed E-state index contributed by atoms with van der Waals surface area (Å²) in [6.07, 6.45) is 2.93. The van der Waals surface area contributed by atoms with Crippen LogP contribution in [-0.2, 0) is 11.2 Å². The molecule has 1 aromatic heterocycles. The van der Waals surface area contributed by atoms with E-state index in [4.69, 9.17) is 0 Å². The largest absolute Gasteiger partial charge is 0.357 e. The lowest BCUT2D eigenvalue weighted by Gasteiger charge is -2.11. The van der Waals surface area contributed by atoms with E-state index in [0.29, 0.717) is 25.6 Å². The lowest BCUT2D eigenvalue weighted by atomic mass is 10.2. The standard InChI is InChI=1S/C17H29N5OS/c1-4-18-17(21-10-9-19-15(23)13-5-6-13)20-8-7-14-11-24-16(22-14)12(2)3/h11-13H,4-10H2,1-3H3,(H,19,23)(H2,18,20,21). The van der Waals surface area contributed by atoms with E-state index in [1.165, 1.54) is 5.01 Å². The van der Waals surface area contributed by atoms with Crippen LogP contribution in [0.1, 0.15) is 50.2 Å². The van der Waals surface area contributed by atoms with Crippen molar-refractivity contribution >= 4 is 23.2 Å². The highest BCUT2D eigenvalue weighted by atomic mass is 32.1. The third-order valence-corrected chi connectivity index (χ3v) is 4.90. The van der Waals surface area contributed by atoms with Crippen molar-refractivity contribution in [2.75, 3.05) is 26.2 Å². The minimum Gasteiger partial charge on any atom is -0.357 e. The molecule has 0 aromatic carbocycles. The van der Waals surface area contributed by atoms with E-state index in [1.54, 1.807) is 11.3 Å². The van der Waals surface area contributed by atoms with Crippen LogP contribution in [0.3, 0.4) is 0 Å². The first-order chi connectivity index (χ1) is 11.6. The molecule has 0 unspecified atom stereocenters. The predicted molar refractivity (Wildman–Crippen MR) is 99.6 cm³/mol. The van der Waals surface area contributed by atoms with Gasteiger partial charge in [0.05, 0.1) is 10.7 Å². The van der Waals surface area contributed by atoms with Crippen molar-refractivity contribution < 1.29 is 4.79 Å². The van der Waals surface area contributed by atoms with Gasteiger partial charge in [0.25, 0.3) is 0 Å². The highest BCUT2D eigenvalue weighted by Crippen LogP contribution is 2.28. The van der Waals surface area contributed by atoms with Gasteiger partial charge in [0.2, 0.25) is 5.91 Å². The third-order valence-electron chi connectivity index (χ3n) is 3.71. The Morgan fingerprint density at radius 1 is 1.33 bits per heavy atom. The fourth-order valence-electron chi connectivity index (χ4n) is 2.18. The maximum atomic E-state index is 11.6. The van der Waals surface area contributed by atoms with Gasteiger partial charge in [-0.25, -0.2) is 4.98 Å². The van der Waals surface area contributed by atoms with E-state index in [9.17, 15) is 4.79 Å². The Morgan fingerprint density at radius 3 is 2.71 bits per heavy atom. The SMILES string of the molecule is CCNC(=NCCc1csc(C(C)C)n1)NCCNC(=O)C1CC1. The maximum absolute atomic E-state index is 11.6. The van der Waals surface area contributed by atoms with Gasteiger partial charge in [0, 0.05) is 49.8 Å². The topological polar surface area (TPSA) is 78.4 Å². The number of amides is 1. The molecular formula is C17H29N5OS. The number of carbonyl (C=O) groups is 1. The van der Waals surface area contributed by atoms with Crippen molar-refractivity contribution in [3.05, 3.63) is 16.1 Å². The molecule has 134 valence electrons. The van der Waals surface area contributed by atoms with Crippen molar-refractivity contribution in [3.8, 4) is 0 Å². The van der Waals surface area contributed by atoms with Crippen molar-refractivity contribution in [2.45, 2.75) is 46.0 Å². The summed E-state index contributed by atoms with van der Waals surface area (Å²) in [6.45, 7) is 9.19. The summed E-state index contributed by atoms with van der Waals surface area (Å²) in [7, 11) is 0. The van der Waals surface area contributed by atoms with Crippen molar-refractivity contribution in [3.63, 3.8) is 0 Å². The molecule has 6 nitrogen and oxygen atoms in total. The number of hydrogen-bond acceptors (Lipinski definition) is 4. The molecule has 0 spiro atoms. The minimum atomic E-state index is 0.184. The number of aliphatic imine (C=N–C) groups is 1. The summed E-state index contributed by atoms with van der Waals surface area (Å²) >= 11 is 1.72. The van der Waals surface area contributed by atoms with E-state index >= 15 is 0 Å². The number of carbonyl (C=O) groups excluding carboxylic acids is 1. The van der Waals surface area contributed by atoms with Crippen LogP contribution in [0, 0.1) is 5.92 Å². The Kier molecular flexibility index (Phi) is 7.49. The highest BCUT2D eigenvalue weighted by molar-refractivity contribution is 7.09. The normalized spacial score (nSPS) is 14.8. The van der Waals surface area contributed by atoms with Gasteiger partial charge in [0.15, 0.2) is 5.96 Å². The van der Waals surface area contributed by atoms with Crippen LogP contribution in [0.4, 0.5) is 0 Å². The first-order valence-electron chi connectivity index (χ1n) is 8.84. The van der Waals surface area contributed by atoms with Gasteiger partial charge < -0.3 is 16.0 Å². The molecule has 7 heteroatoms. The average Bonchev–Trinajstić information content (AvgIpc) is 3.30. The number of guanidine groups is 1. The molecule has 1 heterocycles. The van der Waals surface area contributed by atoms with Crippen molar-refractivity contribution in [1.29, 1.82) is 0 Å². The van der Waals surface area contributed by atoms with Gasteiger partial charge in [0.1, 0.15) is 0 Å². The van der Waals surface area contributed by atoms with Crippen LogP contribution in [0.25, 0.3) is 0 Å². The molecule has 1 aromatic rings. The molecule has 1 amide bonds. The van der Waals surface area contributed by atoms with Crippen LogP contribution in [0.2, 0.25) is 0 Å². The molecular weight excluding hydrogens is 322 g/mol. The minimum absolute atomic E-state index is 0.184. The van der Waals surface area contributed by atoms with Crippen LogP contribution >= 0.6 is 11.3 Å². The summed E-state index contributed by atoms with van der Waals surface area (Å²) in [5, 5.41) is 12.7. The summed E-state index contributed by atoms with van der Waals surface area (Å²) in [5.74, 6) is 1.72. The first-order valence-corrected chi connectivity index (χ1v) is 9.72. The zero-order valence-corrected chi connectivity index (χ0v) is 15.7. The van der Waals surface area contributed by atoms with Gasteiger partial charge in [-0.2, -0.15) is 0 Å². The van der Waals surface area contributed by atoms with E-state index in [1.807, 2.05) is 6.92 Å². The molecule has 24 heavy (non-hydrogen) atoms. The summed E-state index contributed by atoms with van der Waals surface area (Å²) in [5.41, 5.74) is 1.11. The molecule has 1 saturated carbocycles. The number of aromatic nitrogens is 1. The zero-order valence-electron chi connectivity index (χ0n) is 14.9. The van der Waals surface area contributed by atoms with Crippen LogP contribution < -0.4 is 16.0 Å². The fraction of sp³-hybridized carbons (Fsp3) is 0.706. The first kappa shape index (κ1) is 18.7. The average molecular weight is 352 g/mol. The monoisotopic (exact) mass is 351 g/mol. The summed E-state index contributed by atoms with van der Waals surface area (Å²) < 4.78 is 0. The molecule has 3 N–H and O–H groups in total. The number of hydrogen-bond donors (Lipinski definition) is 3. The third kappa shape index (κ3) is 6.47. The van der Waals surface area contributed by atoms with Gasteiger partial charge in [-0.15, -0.1) is 11.3 Å². The second-order valence-corrected chi connectivity index (χ2v) is 7.22. The van der Waals surface area contributed by atoms with Crippen LogP contribution in [0.15, 0.2) is 10.4 Å². The Balaban J connectivity index is 1.69. The van der Waals surface area contributed by atoms with Crippen molar-refractivity contribution in [2.24, 2.45) is 10.9 Å². The molecule has 1 aliphatic carbocycles. The van der Waals surface area contributed by atoms with Gasteiger partial charge >= 0.3 is 0 Å². The molecule has 0 saturated heterocycles. The number of rotatable bonds is 9. The second kappa shape index (κ2) is 9.61. The number of nitrogens with zero attached hydrogens (tertiary/aromatic N) is 2. The number of nitrogens with one attached hydrogen (secondary N) is 3. The maximum Gasteiger partial charge on any atom is 0.223 e. The fourth-order valence-corrected chi connectivity index (χ4v) is 3.05. The van der Waals surface area contributed by atoms with E-state index in [-0.39, 0.29) is 11.8 Å². The lowest BCUT2D eigenvalue weighted by Crippen LogP contribution is -2.41. The molecule has 0 aliphatic heterocycles. The van der Waals surface area contributed by atoms with Gasteiger partial charge in [-0.05, 0) is 19.8 Å². The van der Waals surface area contributed by atoms with Gasteiger partial charge in [-0.1, -0.05) is 13.8 Å². The molecule has 1 aliphatic rings. The van der Waals surface area contributed by atoms with Gasteiger partial charge in [-0.3, -0.25) is 9.79 Å². The highest BCUT2D eigenvalue weighted by Gasteiger charge is 2.28. The van der Waals surface area contributed by atoms with E-state index < -0.39 is 0 Å².